The summed E-state index contributed by atoms with van der Waals surface area (Å²) >= 11 is 3.53. The molecule has 5 amide bonds. The Morgan fingerprint density at radius 3 is 1.95 bits per heavy atom. The molecule has 0 heterocycles. The number of halogens is 3. The maximum Gasteiger partial charge on any atom is 0.416 e. The zero-order valence-corrected chi connectivity index (χ0v) is 23.4. The van der Waals surface area contributed by atoms with Gasteiger partial charge in [-0.1, -0.05) is 57.5 Å². The van der Waals surface area contributed by atoms with Gasteiger partial charge in [-0.2, -0.15) is 25.8 Å². The van der Waals surface area contributed by atoms with E-state index in [4.69, 9.17) is 5.11 Å². The number of primary amides is 1. The maximum atomic E-state index is 12.3. The molecule has 7 N–H and O–H groups in total. The minimum atomic E-state index is -4.88. The highest BCUT2D eigenvalue weighted by atomic mass is 32.1. The first-order valence-electron chi connectivity index (χ1n) is 11.8. The number of nitrogens with two attached hydrogens (primary N) is 1. The molecule has 1 aromatic rings. The summed E-state index contributed by atoms with van der Waals surface area (Å²) in [6, 6.07) is 7.53. The van der Waals surface area contributed by atoms with E-state index in [1.165, 1.54) is 6.42 Å². The SMILES string of the molecule is CCC.CCC(N)=O.CS.O=CNCC(=O)NC(Cc1ccccc1)C(=O)NCC(=O)NCC(O)C(F)(F)F. The fraction of sp³-hybridized carbons (Fsp3) is 0.542. The monoisotopic (exact) mass is 583 g/mol. The smallest absolute Gasteiger partial charge is 0.382 e. The quantitative estimate of drug-likeness (QED) is 0.139. The molecule has 39 heavy (non-hydrogen) atoms. The Morgan fingerprint density at radius 1 is 1.00 bits per heavy atom. The highest BCUT2D eigenvalue weighted by molar-refractivity contribution is 7.79. The average molecular weight is 584 g/mol. The van der Waals surface area contributed by atoms with E-state index in [0.29, 0.717) is 18.4 Å². The van der Waals surface area contributed by atoms with Crippen LogP contribution in [0, 0.1) is 0 Å². The van der Waals surface area contributed by atoms with E-state index >= 15 is 0 Å². The number of hydrogen-bond acceptors (Lipinski definition) is 7. The lowest BCUT2D eigenvalue weighted by molar-refractivity contribution is -0.201. The molecule has 1 rings (SSSR count). The number of amides is 5. The summed E-state index contributed by atoms with van der Waals surface area (Å²) in [6.07, 6.45) is -3.83. The Bertz CT molecular complexity index is 832. The molecule has 0 fully saturated rings. The van der Waals surface area contributed by atoms with Crippen LogP contribution >= 0.6 is 12.6 Å². The van der Waals surface area contributed by atoms with Gasteiger partial charge in [-0.25, -0.2) is 0 Å². The van der Waals surface area contributed by atoms with Gasteiger partial charge in [-0.15, -0.1) is 0 Å². The van der Waals surface area contributed by atoms with Crippen molar-refractivity contribution in [2.45, 2.75) is 58.4 Å². The van der Waals surface area contributed by atoms with Crippen molar-refractivity contribution >= 4 is 42.7 Å². The molecular weight excluding hydrogens is 543 g/mol. The fourth-order valence-electron chi connectivity index (χ4n) is 2.12. The standard InChI is InChI=1S/C17H21F3N4O5.C3H7NO.C3H8.CH4S/c18-17(19,20)13(26)7-22-14(27)9-23-16(29)12(24-15(28)8-21-10-25)6-11-4-2-1-3-5-11;1-2-3(4)5;1-3-2;1-2/h1-5,10,12-13,26H,6-9H2,(H,21,25)(H,22,27)(H,23,29)(H,24,28);2H2,1H3,(H2,4,5);3H2,1-2H3;2H,1H3. The lowest BCUT2D eigenvalue weighted by Crippen LogP contribution is -2.52. The van der Waals surface area contributed by atoms with E-state index in [9.17, 15) is 37.1 Å². The van der Waals surface area contributed by atoms with Crippen molar-refractivity contribution in [3.05, 3.63) is 35.9 Å². The predicted molar refractivity (Wildman–Crippen MR) is 145 cm³/mol. The second kappa shape index (κ2) is 25.0. The number of nitrogens with one attached hydrogen (secondary N) is 4. The number of carbonyl (C=O) groups is 5. The van der Waals surface area contributed by atoms with Gasteiger partial charge in [-0.3, -0.25) is 24.0 Å². The van der Waals surface area contributed by atoms with Crippen LogP contribution in [-0.2, 0) is 30.4 Å². The number of benzene rings is 1. The van der Waals surface area contributed by atoms with Crippen LogP contribution in [0.25, 0.3) is 0 Å². The molecule has 0 aliphatic carbocycles. The van der Waals surface area contributed by atoms with Crippen molar-refractivity contribution in [1.29, 1.82) is 0 Å². The molecular formula is C24H40F3N5O6S. The van der Waals surface area contributed by atoms with Gasteiger partial charge in [-0.05, 0) is 11.8 Å². The first kappa shape index (κ1) is 40.2. The van der Waals surface area contributed by atoms with E-state index in [2.05, 4.69) is 48.2 Å². The van der Waals surface area contributed by atoms with Crippen molar-refractivity contribution in [2.24, 2.45) is 5.73 Å². The average Bonchev–Trinajstić information content (AvgIpc) is 2.90. The van der Waals surface area contributed by atoms with E-state index in [1.807, 2.05) is 5.32 Å². The zero-order chi connectivity index (χ0) is 30.9. The minimum absolute atomic E-state index is 0.0773. The lowest BCUT2D eigenvalue weighted by Gasteiger charge is -2.19. The Balaban J connectivity index is -0.00000112. The van der Waals surface area contributed by atoms with Crippen LogP contribution < -0.4 is 27.0 Å². The van der Waals surface area contributed by atoms with E-state index < -0.39 is 49.1 Å². The van der Waals surface area contributed by atoms with Crippen molar-refractivity contribution in [3.8, 4) is 0 Å². The summed E-state index contributed by atoms with van der Waals surface area (Å²) in [7, 11) is 0. The molecule has 224 valence electrons. The highest BCUT2D eigenvalue weighted by Crippen LogP contribution is 2.19. The number of alkyl halides is 3. The number of aliphatic hydroxyl groups is 1. The molecule has 0 aromatic heterocycles. The fourth-order valence-corrected chi connectivity index (χ4v) is 2.12. The molecule has 11 nitrogen and oxygen atoms in total. The largest absolute Gasteiger partial charge is 0.416 e. The molecule has 0 radical (unpaired) electrons. The van der Waals surface area contributed by atoms with Crippen molar-refractivity contribution in [2.75, 3.05) is 25.9 Å². The van der Waals surface area contributed by atoms with Crippen LogP contribution in [0.5, 0.6) is 0 Å². The first-order valence-corrected chi connectivity index (χ1v) is 12.7. The van der Waals surface area contributed by atoms with Gasteiger partial charge in [0.05, 0.1) is 19.6 Å². The van der Waals surface area contributed by atoms with Gasteiger partial charge in [0.1, 0.15) is 6.04 Å². The van der Waals surface area contributed by atoms with E-state index in [0.717, 1.165) is 0 Å². The Labute approximate surface area is 232 Å². The topological polar surface area (TPSA) is 180 Å². The van der Waals surface area contributed by atoms with Crippen molar-refractivity contribution in [1.82, 2.24) is 21.3 Å². The van der Waals surface area contributed by atoms with Gasteiger partial charge < -0.3 is 32.1 Å². The van der Waals surface area contributed by atoms with Crippen LogP contribution in [0.4, 0.5) is 13.2 Å². The number of thiol groups is 1. The lowest BCUT2D eigenvalue weighted by atomic mass is 10.1. The molecule has 0 spiro atoms. The van der Waals surface area contributed by atoms with Crippen LogP contribution in [-0.4, -0.2) is 79.4 Å². The summed E-state index contributed by atoms with van der Waals surface area (Å²) < 4.78 is 36.6. The Kier molecular flexibility index (Phi) is 25.7. The first-order chi connectivity index (χ1) is 18.3. The molecule has 0 bridgehead atoms. The van der Waals surface area contributed by atoms with Crippen molar-refractivity contribution in [3.63, 3.8) is 0 Å². The highest BCUT2D eigenvalue weighted by Gasteiger charge is 2.38. The van der Waals surface area contributed by atoms with Gasteiger partial charge in [0, 0.05) is 12.8 Å². The van der Waals surface area contributed by atoms with Crippen LogP contribution in [0.15, 0.2) is 30.3 Å². The number of rotatable bonds is 12. The minimum Gasteiger partial charge on any atom is -0.382 e. The Morgan fingerprint density at radius 2 is 1.51 bits per heavy atom. The molecule has 0 aliphatic heterocycles. The molecule has 1 aromatic carbocycles. The van der Waals surface area contributed by atoms with Crippen molar-refractivity contribution < 1.29 is 42.3 Å². The van der Waals surface area contributed by atoms with Gasteiger partial charge in [0.15, 0.2) is 6.10 Å². The number of hydrogen-bond donors (Lipinski definition) is 7. The molecule has 0 saturated carbocycles. The third kappa shape index (κ3) is 24.7. The molecule has 0 saturated heterocycles. The molecule has 15 heteroatoms. The predicted octanol–water partition coefficient (Wildman–Crippen LogP) is 0.460. The van der Waals surface area contributed by atoms with E-state index in [-0.39, 0.29) is 18.9 Å². The third-order valence-electron chi connectivity index (χ3n) is 3.92. The summed E-state index contributed by atoms with van der Waals surface area (Å²) in [5.74, 6) is -2.59. The van der Waals surface area contributed by atoms with E-state index in [1.54, 1.807) is 43.5 Å². The Hall–Kier alpha value is -3.33. The van der Waals surface area contributed by atoms with Gasteiger partial charge >= 0.3 is 6.18 Å². The summed E-state index contributed by atoms with van der Waals surface area (Å²) in [6.45, 7) is 3.90. The summed E-state index contributed by atoms with van der Waals surface area (Å²) in [4.78, 5) is 55.6. The van der Waals surface area contributed by atoms with Crippen LogP contribution in [0.1, 0.15) is 39.2 Å². The number of carbonyl (C=O) groups excluding carboxylic acids is 5. The van der Waals surface area contributed by atoms with Gasteiger partial charge in [0.25, 0.3) is 0 Å². The van der Waals surface area contributed by atoms with Crippen LogP contribution in [0.2, 0.25) is 0 Å². The summed E-state index contributed by atoms with van der Waals surface area (Å²) in [5.41, 5.74) is 5.36. The third-order valence-corrected chi connectivity index (χ3v) is 3.92. The second-order valence-corrected chi connectivity index (χ2v) is 7.41. The maximum absolute atomic E-state index is 12.3. The normalized spacial score (nSPS) is 11.2. The molecule has 2 unspecified atom stereocenters. The zero-order valence-electron chi connectivity index (χ0n) is 22.5. The second-order valence-electron chi connectivity index (χ2n) is 7.41. The summed E-state index contributed by atoms with van der Waals surface area (Å²) in [5, 5.41) is 17.4. The van der Waals surface area contributed by atoms with Crippen LogP contribution in [0.3, 0.4) is 0 Å². The van der Waals surface area contributed by atoms with Gasteiger partial charge in [0.2, 0.25) is 30.0 Å². The number of aliphatic hydroxyl groups excluding tert-OH is 1. The molecule has 0 aliphatic rings. The molecule has 2 atom stereocenters.